The van der Waals surface area contributed by atoms with Crippen LogP contribution in [0.2, 0.25) is 0 Å². The van der Waals surface area contributed by atoms with E-state index in [1.54, 1.807) is 25.1 Å². The molecule has 0 spiro atoms. The number of nitrogens with one attached hydrogen (secondary N) is 3. The first-order valence-electron chi connectivity index (χ1n) is 8.25. The Morgan fingerprint density at radius 3 is 2.58 bits per heavy atom. The standard InChI is InChI=1S/C17H25F3N4O2/c1-4-7-22-15(25)10-24-16(21-3)23-9-13-6-5-12(2)8-14(13)26-11-17(18,19)20/h5-6,8H,4,7,9-11H2,1-3H3,(H,22,25)(H2,21,23,24). The molecule has 1 amide bonds. The molecule has 1 aromatic rings. The minimum Gasteiger partial charge on any atom is -0.484 e. The van der Waals surface area contributed by atoms with E-state index in [0.29, 0.717) is 18.1 Å². The van der Waals surface area contributed by atoms with Gasteiger partial charge in [-0.1, -0.05) is 19.1 Å². The third kappa shape index (κ3) is 8.59. The smallest absolute Gasteiger partial charge is 0.422 e. The van der Waals surface area contributed by atoms with Crippen molar-refractivity contribution in [3.8, 4) is 5.75 Å². The van der Waals surface area contributed by atoms with Crippen LogP contribution in [0.25, 0.3) is 0 Å². The van der Waals surface area contributed by atoms with E-state index in [2.05, 4.69) is 20.9 Å². The Hall–Kier alpha value is -2.45. The molecule has 1 rings (SSSR count). The second-order valence-corrected chi connectivity index (χ2v) is 5.64. The average molecular weight is 374 g/mol. The number of carbonyl (C=O) groups is 1. The predicted octanol–water partition coefficient (Wildman–Crippen LogP) is 2.13. The van der Waals surface area contributed by atoms with E-state index in [4.69, 9.17) is 4.74 Å². The maximum absolute atomic E-state index is 12.4. The number of carbonyl (C=O) groups excluding carboxylic acids is 1. The summed E-state index contributed by atoms with van der Waals surface area (Å²) in [6, 6.07) is 5.03. The van der Waals surface area contributed by atoms with Gasteiger partial charge in [0.25, 0.3) is 0 Å². The zero-order valence-corrected chi connectivity index (χ0v) is 15.2. The molecule has 0 saturated heterocycles. The fraction of sp³-hybridized carbons (Fsp3) is 0.529. The van der Waals surface area contributed by atoms with Crippen LogP contribution < -0.4 is 20.7 Å². The lowest BCUT2D eigenvalue weighted by Gasteiger charge is -2.16. The summed E-state index contributed by atoms with van der Waals surface area (Å²) in [5.74, 6) is 0.351. The lowest BCUT2D eigenvalue weighted by molar-refractivity contribution is -0.153. The number of halogens is 3. The first kappa shape index (κ1) is 21.6. The molecule has 9 heteroatoms. The van der Waals surface area contributed by atoms with E-state index in [1.165, 1.54) is 7.05 Å². The lowest BCUT2D eigenvalue weighted by Crippen LogP contribution is -2.43. The number of hydrogen-bond donors (Lipinski definition) is 3. The van der Waals surface area contributed by atoms with Crippen LogP contribution in [0.3, 0.4) is 0 Å². The fourth-order valence-corrected chi connectivity index (χ4v) is 1.99. The highest BCUT2D eigenvalue weighted by Crippen LogP contribution is 2.23. The summed E-state index contributed by atoms with van der Waals surface area (Å²) in [4.78, 5) is 15.6. The first-order valence-corrected chi connectivity index (χ1v) is 8.25. The van der Waals surface area contributed by atoms with Gasteiger partial charge in [0.15, 0.2) is 12.6 Å². The predicted molar refractivity (Wildman–Crippen MR) is 94.2 cm³/mol. The Morgan fingerprint density at radius 2 is 1.96 bits per heavy atom. The number of guanidine groups is 1. The molecule has 0 unspecified atom stereocenters. The fourth-order valence-electron chi connectivity index (χ4n) is 1.99. The Kier molecular flexibility index (Phi) is 8.74. The molecule has 26 heavy (non-hydrogen) atoms. The summed E-state index contributed by atoms with van der Waals surface area (Å²) < 4.78 is 42.1. The number of amides is 1. The van der Waals surface area contributed by atoms with Crippen molar-refractivity contribution in [2.75, 3.05) is 26.7 Å². The number of rotatable bonds is 8. The normalized spacial score (nSPS) is 11.8. The van der Waals surface area contributed by atoms with Crippen LogP contribution in [0.1, 0.15) is 24.5 Å². The van der Waals surface area contributed by atoms with Crippen LogP contribution in [-0.2, 0) is 11.3 Å². The highest BCUT2D eigenvalue weighted by molar-refractivity contribution is 5.86. The van der Waals surface area contributed by atoms with E-state index in [1.807, 2.05) is 6.92 Å². The van der Waals surface area contributed by atoms with Gasteiger partial charge < -0.3 is 20.7 Å². The number of hydrogen-bond acceptors (Lipinski definition) is 3. The minimum atomic E-state index is -4.40. The van der Waals surface area contributed by atoms with Gasteiger partial charge in [-0.3, -0.25) is 9.79 Å². The van der Waals surface area contributed by atoms with Gasteiger partial charge >= 0.3 is 6.18 Å². The molecule has 0 atom stereocenters. The van der Waals surface area contributed by atoms with Gasteiger partial charge in [0.1, 0.15) is 5.75 Å². The first-order chi connectivity index (χ1) is 12.2. The molecule has 0 heterocycles. The summed E-state index contributed by atoms with van der Waals surface area (Å²) >= 11 is 0. The highest BCUT2D eigenvalue weighted by Gasteiger charge is 2.28. The Labute approximate surface area is 151 Å². The summed E-state index contributed by atoms with van der Waals surface area (Å²) in [5, 5.41) is 8.51. The van der Waals surface area contributed by atoms with Crippen molar-refractivity contribution >= 4 is 11.9 Å². The average Bonchev–Trinajstić information content (AvgIpc) is 2.58. The number of alkyl halides is 3. The van der Waals surface area contributed by atoms with Crippen LogP contribution in [-0.4, -0.2) is 44.8 Å². The molecular formula is C17H25F3N4O2. The molecule has 3 N–H and O–H groups in total. The summed E-state index contributed by atoms with van der Waals surface area (Å²) in [7, 11) is 1.54. The van der Waals surface area contributed by atoms with E-state index in [-0.39, 0.29) is 24.7 Å². The molecule has 0 aliphatic heterocycles. The van der Waals surface area contributed by atoms with Crippen molar-refractivity contribution in [1.82, 2.24) is 16.0 Å². The quantitative estimate of drug-likeness (QED) is 0.481. The third-order valence-electron chi connectivity index (χ3n) is 3.27. The highest BCUT2D eigenvalue weighted by atomic mass is 19.4. The SMILES string of the molecule is CCCNC(=O)CNC(=NC)NCc1ccc(C)cc1OCC(F)(F)F. The van der Waals surface area contributed by atoms with E-state index >= 15 is 0 Å². The van der Waals surface area contributed by atoms with Crippen molar-refractivity contribution in [1.29, 1.82) is 0 Å². The van der Waals surface area contributed by atoms with Gasteiger partial charge in [0, 0.05) is 25.7 Å². The summed E-state index contributed by atoms with van der Waals surface area (Å²) in [6.45, 7) is 3.21. The number of ether oxygens (including phenoxy) is 1. The molecule has 0 fully saturated rings. The van der Waals surface area contributed by atoms with E-state index < -0.39 is 12.8 Å². The van der Waals surface area contributed by atoms with Crippen LogP contribution in [0.15, 0.2) is 23.2 Å². The van der Waals surface area contributed by atoms with Crippen molar-refractivity contribution in [2.45, 2.75) is 33.0 Å². The van der Waals surface area contributed by atoms with Crippen LogP contribution >= 0.6 is 0 Å². The van der Waals surface area contributed by atoms with Crippen molar-refractivity contribution < 1.29 is 22.7 Å². The van der Waals surface area contributed by atoms with Gasteiger partial charge in [-0.05, 0) is 25.0 Å². The Balaban J connectivity index is 2.62. The van der Waals surface area contributed by atoms with E-state index in [0.717, 1.165) is 12.0 Å². The molecule has 1 aromatic carbocycles. The molecular weight excluding hydrogens is 349 g/mol. The zero-order chi connectivity index (χ0) is 19.6. The summed E-state index contributed by atoms with van der Waals surface area (Å²) in [6.07, 6.45) is -3.56. The number of nitrogens with zero attached hydrogens (tertiary/aromatic N) is 1. The monoisotopic (exact) mass is 374 g/mol. The van der Waals surface area contributed by atoms with Gasteiger partial charge in [0.2, 0.25) is 5.91 Å². The Morgan fingerprint density at radius 1 is 1.23 bits per heavy atom. The van der Waals surface area contributed by atoms with Crippen molar-refractivity contribution in [3.05, 3.63) is 29.3 Å². The number of benzene rings is 1. The van der Waals surface area contributed by atoms with Crippen LogP contribution in [0.5, 0.6) is 5.75 Å². The molecule has 6 nitrogen and oxygen atoms in total. The molecule has 0 aliphatic carbocycles. The Bertz CT molecular complexity index is 619. The zero-order valence-electron chi connectivity index (χ0n) is 15.2. The molecule has 0 saturated carbocycles. The topological polar surface area (TPSA) is 74.8 Å². The van der Waals surface area contributed by atoms with Gasteiger partial charge in [-0.25, -0.2) is 0 Å². The molecule has 0 aromatic heterocycles. The second-order valence-electron chi connectivity index (χ2n) is 5.64. The maximum Gasteiger partial charge on any atom is 0.422 e. The summed E-state index contributed by atoms with van der Waals surface area (Å²) in [5.41, 5.74) is 1.35. The minimum absolute atomic E-state index is 0.0466. The molecule has 0 bridgehead atoms. The third-order valence-corrected chi connectivity index (χ3v) is 3.27. The number of aliphatic imine (C=N–C) groups is 1. The lowest BCUT2D eigenvalue weighted by atomic mass is 10.1. The van der Waals surface area contributed by atoms with Gasteiger partial charge in [-0.2, -0.15) is 13.2 Å². The molecule has 146 valence electrons. The van der Waals surface area contributed by atoms with Gasteiger partial charge in [0.05, 0.1) is 6.54 Å². The molecule has 0 radical (unpaired) electrons. The van der Waals surface area contributed by atoms with Crippen molar-refractivity contribution in [2.24, 2.45) is 4.99 Å². The maximum atomic E-state index is 12.4. The van der Waals surface area contributed by atoms with Gasteiger partial charge in [-0.15, -0.1) is 0 Å². The largest absolute Gasteiger partial charge is 0.484 e. The molecule has 0 aliphatic rings. The van der Waals surface area contributed by atoms with Crippen molar-refractivity contribution in [3.63, 3.8) is 0 Å². The van der Waals surface area contributed by atoms with Crippen LogP contribution in [0.4, 0.5) is 13.2 Å². The second kappa shape index (κ2) is 10.5. The van der Waals surface area contributed by atoms with Crippen LogP contribution in [0, 0.1) is 6.92 Å². The number of aryl methyl sites for hydroxylation is 1. The van der Waals surface area contributed by atoms with E-state index in [9.17, 15) is 18.0 Å².